The number of thioether (sulfide) groups is 1. The predicted molar refractivity (Wildman–Crippen MR) is 66.2 cm³/mol. The van der Waals surface area contributed by atoms with Crippen LogP contribution in [-0.2, 0) is 17.6 Å². The van der Waals surface area contributed by atoms with Crippen LogP contribution in [0.15, 0.2) is 10.7 Å². The molecular weight excluding hydrogens is 238 g/mol. The monoisotopic (exact) mass is 255 g/mol. The Bertz CT molecular complexity index is 372. The molecule has 1 fully saturated rings. The lowest BCUT2D eigenvalue weighted by Gasteiger charge is -2.19. The summed E-state index contributed by atoms with van der Waals surface area (Å²) in [5.74, 6) is 3.09. The topological polar surface area (TPSA) is 63.3 Å². The summed E-state index contributed by atoms with van der Waals surface area (Å²) < 4.78 is 5.39. The average Bonchev–Trinajstić information content (AvgIpc) is 2.75. The van der Waals surface area contributed by atoms with E-state index in [-0.39, 0.29) is 6.42 Å². The van der Waals surface area contributed by atoms with Gasteiger partial charge in [-0.05, 0) is 30.3 Å². The van der Waals surface area contributed by atoms with Gasteiger partial charge >= 0.3 is 5.97 Å². The zero-order valence-electron chi connectivity index (χ0n) is 9.72. The molecule has 1 aliphatic heterocycles. The summed E-state index contributed by atoms with van der Waals surface area (Å²) in [7, 11) is 0. The third kappa shape index (κ3) is 4.07. The maximum Gasteiger partial charge on any atom is 0.303 e. The molecule has 0 amide bonds. The molecule has 0 bridgehead atoms. The van der Waals surface area contributed by atoms with Gasteiger partial charge in [0.2, 0.25) is 0 Å². The number of oxazole rings is 1. The van der Waals surface area contributed by atoms with Crippen LogP contribution in [0.5, 0.6) is 0 Å². The Kier molecular flexibility index (Phi) is 4.48. The van der Waals surface area contributed by atoms with E-state index in [1.807, 2.05) is 11.8 Å². The lowest BCUT2D eigenvalue weighted by Crippen LogP contribution is -2.13. The molecule has 94 valence electrons. The number of hydrogen-bond donors (Lipinski definition) is 1. The van der Waals surface area contributed by atoms with Gasteiger partial charge in [0.25, 0.3) is 0 Å². The number of hydrogen-bond acceptors (Lipinski definition) is 4. The van der Waals surface area contributed by atoms with Crippen LogP contribution in [-0.4, -0.2) is 27.6 Å². The molecule has 4 nitrogen and oxygen atoms in total. The second kappa shape index (κ2) is 6.10. The normalized spacial score (nSPS) is 20.4. The highest BCUT2D eigenvalue weighted by Crippen LogP contribution is 2.25. The number of aryl methyl sites for hydroxylation is 1. The number of aromatic nitrogens is 1. The summed E-state index contributed by atoms with van der Waals surface area (Å²) in [6, 6.07) is 0. The molecule has 2 rings (SSSR count). The van der Waals surface area contributed by atoms with Gasteiger partial charge in [0.1, 0.15) is 6.26 Å². The molecule has 0 spiro atoms. The zero-order chi connectivity index (χ0) is 12.1. The van der Waals surface area contributed by atoms with Gasteiger partial charge in [0.15, 0.2) is 5.89 Å². The largest absolute Gasteiger partial charge is 0.481 e. The van der Waals surface area contributed by atoms with E-state index in [1.165, 1.54) is 24.3 Å². The zero-order valence-corrected chi connectivity index (χ0v) is 10.5. The van der Waals surface area contributed by atoms with Crippen molar-refractivity contribution in [3.05, 3.63) is 17.8 Å². The van der Waals surface area contributed by atoms with Gasteiger partial charge in [0, 0.05) is 12.8 Å². The smallest absolute Gasteiger partial charge is 0.303 e. The van der Waals surface area contributed by atoms with E-state index in [2.05, 4.69) is 4.98 Å². The van der Waals surface area contributed by atoms with Crippen LogP contribution in [0.2, 0.25) is 0 Å². The maximum absolute atomic E-state index is 10.4. The fraction of sp³-hybridized carbons (Fsp3) is 0.667. The minimum absolute atomic E-state index is 0.116. The molecule has 0 aliphatic carbocycles. The van der Waals surface area contributed by atoms with Crippen molar-refractivity contribution in [1.82, 2.24) is 4.98 Å². The van der Waals surface area contributed by atoms with Gasteiger partial charge in [-0.2, -0.15) is 11.8 Å². The lowest BCUT2D eigenvalue weighted by molar-refractivity contribution is -0.136. The van der Waals surface area contributed by atoms with Crippen molar-refractivity contribution in [1.29, 1.82) is 0 Å². The number of carboxylic acid groups (broad SMARTS) is 1. The van der Waals surface area contributed by atoms with E-state index in [0.29, 0.717) is 12.3 Å². The van der Waals surface area contributed by atoms with Crippen LogP contribution in [0.25, 0.3) is 0 Å². The summed E-state index contributed by atoms with van der Waals surface area (Å²) >= 11 is 2.00. The number of carbonyl (C=O) groups is 1. The Balaban J connectivity index is 1.82. The number of nitrogens with zero attached hydrogens (tertiary/aromatic N) is 1. The quantitative estimate of drug-likeness (QED) is 0.875. The molecular formula is C12H17NO3S. The molecule has 5 heteroatoms. The Morgan fingerprint density at radius 2 is 2.53 bits per heavy atom. The highest BCUT2D eigenvalue weighted by molar-refractivity contribution is 7.99. The van der Waals surface area contributed by atoms with Crippen molar-refractivity contribution in [2.24, 2.45) is 5.92 Å². The van der Waals surface area contributed by atoms with Crippen LogP contribution in [0.3, 0.4) is 0 Å². The summed E-state index contributed by atoms with van der Waals surface area (Å²) in [5, 5.41) is 8.58. The molecule has 0 aromatic carbocycles. The summed E-state index contributed by atoms with van der Waals surface area (Å²) in [6.45, 7) is 0. The van der Waals surface area contributed by atoms with Crippen molar-refractivity contribution in [3.63, 3.8) is 0 Å². The molecule has 17 heavy (non-hydrogen) atoms. The van der Waals surface area contributed by atoms with Gasteiger partial charge in [0.05, 0.1) is 12.1 Å². The van der Waals surface area contributed by atoms with Crippen molar-refractivity contribution in [2.45, 2.75) is 32.1 Å². The number of aliphatic carboxylic acids is 1. The number of carboxylic acids is 1. The first-order valence-corrected chi connectivity index (χ1v) is 7.12. The van der Waals surface area contributed by atoms with E-state index < -0.39 is 5.97 Å². The van der Waals surface area contributed by atoms with Gasteiger partial charge in [-0.1, -0.05) is 0 Å². The van der Waals surface area contributed by atoms with E-state index in [0.717, 1.165) is 18.0 Å². The molecule has 1 unspecified atom stereocenters. The predicted octanol–water partition coefficient (Wildman–Crippen LogP) is 2.38. The third-order valence-electron chi connectivity index (χ3n) is 2.91. The van der Waals surface area contributed by atoms with E-state index in [9.17, 15) is 4.79 Å². The van der Waals surface area contributed by atoms with Crippen molar-refractivity contribution < 1.29 is 14.3 Å². The molecule has 1 aromatic rings. The third-order valence-corrected chi connectivity index (χ3v) is 4.20. The first kappa shape index (κ1) is 12.5. The highest BCUT2D eigenvalue weighted by Gasteiger charge is 2.17. The molecule has 0 radical (unpaired) electrons. The molecule has 0 saturated carbocycles. The second-order valence-electron chi connectivity index (χ2n) is 4.41. The minimum Gasteiger partial charge on any atom is -0.481 e. The molecule has 1 aromatic heterocycles. The van der Waals surface area contributed by atoms with Gasteiger partial charge < -0.3 is 9.52 Å². The van der Waals surface area contributed by atoms with Crippen LogP contribution in [0.1, 0.15) is 30.8 Å². The molecule has 1 N–H and O–H groups in total. The average molecular weight is 255 g/mol. The second-order valence-corrected chi connectivity index (χ2v) is 5.56. The van der Waals surface area contributed by atoms with Crippen molar-refractivity contribution in [2.75, 3.05) is 11.5 Å². The summed E-state index contributed by atoms with van der Waals surface area (Å²) in [6.07, 6.45) is 5.58. The Morgan fingerprint density at radius 3 is 3.24 bits per heavy atom. The van der Waals surface area contributed by atoms with Crippen LogP contribution >= 0.6 is 11.8 Å². The van der Waals surface area contributed by atoms with E-state index >= 15 is 0 Å². The van der Waals surface area contributed by atoms with E-state index in [1.54, 1.807) is 6.26 Å². The van der Waals surface area contributed by atoms with Gasteiger partial charge in [-0.25, -0.2) is 4.98 Å². The Hall–Kier alpha value is -0.970. The maximum atomic E-state index is 10.4. The first-order valence-electron chi connectivity index (χ1n) is 5.97. The minimum atomic E-state index is -0.793. The standard InChI is InChI=1S/C12H17NO3S/c14-12(15)4-3-10-7-16-11(13-10)6-9-2-1-5-17-8-9/h7,9H,1-6,8H2,(H,14,15). The fourth-order valence-electron chi connectivity index (χ4n) is 2.01. The lowest BCUT2D eigenvalue weighted by atomic mass is 10.0. The van der Waals surface area contributed by atoms with E-state index in [4.69, 9.17) is 9.52 Å². The molecule has 1 saturated heterocycles. The van der Waals surface area contributed by atoms with Crippen LogP contribution in [0, 0.1) is 5.92 Å². The van der Waals surface area contributed by atoms with Crippen molar-refractivity contribution >= 4 is 17.7 Å². The van der Waals surface area contributed by atoms with Crippen LogP contribution in [0.4, 0.5) is 0 Å². The molecule has 2 heterocycles. The molecule has 1 aliphatic rings. The summed E-state index contributed by atoms with van der Waals surface area (Å²) in [5.41, 5.74) is 0.755. The Morgan fingerprint density at radius 1 is 1.65 bits per heavy atom. The SMILES string of the molecule is O=C(O)CCc1coc(CC2CCCSC2)n1. The summed E-state index contributed by atoms with van der Waals surface area (Å²) in [4.78, 5) is 14.8. The van der Waals surface area contributed by atoms with Gasteiger partial charge in [-0.3, -0.25) is 4.79 Å². The molecule has 1 atom stereocenters. The van der Waals surface area contributed by atoms with Crippen LogP contribution < -0.4 is 0 Å². The van der Waals surface area contributed by atoms with Crippen molar-refractivity contribution in [3.8, 4) is 0 Å². The Labute approximate surface area is 105 Å². The number of rotatable bonds is 5. The highest BCUT2D eigenvalue weighted by atomic mass is 32.2. The fourth-order valence-corrected chi connectivity index (χ4v) is 3.16. The first-order chi connectivity index (χ1) is 8.24. The van der Waals surface area contributed by atoms with Gasteiger partial charge in [-0.15, -0.1) is 0 Å².